The maximum Gasteiger partial charge on any atom is 0.226 e. The normalized spacial score (nSPS) is 14.7. The summed E-state index contributed by atoms with van der Waals surface area (Å²) in [5.41, 5.74) is 4.90. The van der Waals surface area contributed by atoms with Crippen LogP contribution in [0.4, 0.5) is 17.5 Å². The van der Waals surface area contributed by atoms with Crippen molar-refractivity contribution in [1.29, 1.82) is 0 Å². The van der Waals surface area contributed by atoms with Gasteiger partial charge in [-0.25, -0.2) is 33.3 Å². The molecule has 0 spiro atoms. The number of benzene rings is 2. The first-order valence-corrected chi connectivity index (χ1v) is 14.6. The molecule has 39 heavy (non-hydrogen) atoms. The number of nitrogens with zero attached hydrogens (tertiary/aromatic N) is 7. The molecule has 1 N–H and O–H groups in total. The maximum atomic E-state index is 11.9. The molecule has 2 aromatic carbocycles. The largest absolute Gasteiger partial charge is 0.457 e. The van der Waals surface area contributed by atoms with E-state index in [9.17, 15) is 8.42 Å². The van der Waals surface area contributed by atoms with Crippen molar-refractivity contribution in [3.8, 4) is 11.5 Å². The summed E-state index contributed by atoms with van der Waals surface area (Å²) >= 11 is 0. The molecule has 12 heteroatoms. The molecule has 0 aliphatic carbocycles. The predicted molar refractivity (Wildman–Crippen MR) is 150 cm³/mol. The van der Waals surface area contributed by atoms with E-state index in [2.05, 4.69) is 25.3 Å². The summed E-state index contributed by atoms with van der Waals surface area (Å²) in [4.78, 5) is 24.4. The Hall–Kier alpha value is -4.32. The van der Waals surface area contributed by atoms with Crippen LogP contribution in [0.25, 0.3) is 22.1 Å². The molecule has 0 saturated carbocycles. The van der Waals surface area contributed by atoms with E-state index in [1.807, 2.05) is 59.8 Å². The summed E-state index contributed by atoms with van der Waals surface area (Å²) in [6.07, 6.45) is 7.35. The third-order valence-corrected chi connectivity index (χ3v) is 8.74. The molecule has 3 aromatic heterocycles. The van der Waals surface area contributed by atoms with Gasteiger partial charge in [-0.2, -0.15) is 0 Å². The minimum absolute atomic E-state index is 0.317. The predicted octanol–water partition coefficient (Wildman–Crippen LogP) is 4.16. The Labute approximate surface area is 225 Å². The number of piperidine rings is 1. The van der Waals surface area contributed by atoms with Gasteiger partial charge in [-0.3, -0.25) is 0 Å². The van der Waals surface area contributed by atoms with Crippen LogP contribution < -0.4 is 15.0 Å². The molecule has 0 radical (unpaired) electrons. The Morgan fingerprint density at radius 3 is 2.59 bits per heavy atom. The number of aromatic nitrogens is 6. The van der Waals surface area contributed by atoms with E-state index >= 15 is 0 Å². The van der Waals surface area contributed by atoms with Crippen LogP contribution in [0.3, 0.4) is 0 Å². The number of hydrogen-bond donors (Lipinski definition) is 1. The van der Waals surface area contributed by atoms with Gasteiger partial charge in [-0.05, 0) is 55.7 Å². The highest BCUT2D eigenvalue weighted by molar-refractivity contribution is 7.91. The van der Waals surface area contributed by atoms with Gasteiger partial charge in [-0.15, -0.1) is 0 Å². The molecule has 5 aromatic rings. The molecule has 1 saturated heterocycles. The van der Waals surface area contributed by atoms with Gasteiger partial charge in [0.05, 0.1) is 28.8 Å². The maximum absolute atomic E-state index is 11.9. The van der Waals surface area contributed by atoms with Crippen LogP contribution in [0.2, 0.25) is 0 Å². The SMILES string of the molecule is Cc1cc(Nc2ncnc3cnc(N4CCC(S(C)(=O)=O)CC4)nc23)ccc1Oc1ccc2c(c1)ncn2C. The molecule has 1 aliphatic heterocycles. The Morgan fingerprint density at radius 2 is 1.82 bits per heavy atom. The van der Waals surface area contributed by atoms with Gasteiger partial charge < -0.3 is 19.5 Å². The lowest BCUT2D eigenvalue weighted by Gasteiger charge is -2.31. The second-order valence-corrected chi connectivity index (χ2v) is 12.2. The van der Waals surface area contributed by atoms with Gasteiger partial charge in [0.1, 0.15) is 38.7 Å². The highest BCUT2D eigenvalue weighted by atomic mass is 32.2. The second kappa shape index (κ2) is 9.77. The second-order valence-electron chi connectivity index (χ2n) is 9.86. The first-order chi connectivity index (χ1) is 18.7. The molecular weight excluding hydrogens is 516 g/mol. The Morgan fingerprint density at radius 1 is 1.00 bits per heavy atom. The Balaban J connectivity index is 1.21. The smallest absolute Gasteiger partial charge is 0.226 e. The van der Waals surface area contributed by atoms with E-state index in [0.29, 0.717) is 48.7 Å². The van der Waals surface area contributed by atoms with Crippen molar-refractivity contribution >= 4 is 49.4 Å². The molecule has 11 nitrogen and oxygen atoms in total. The van der Waals surface area contributed by atoms with Crippen LogP contribution in [0.1, 0.15) is 18.4 Å². The number of anilines is 3. The standard InChI is InChI=1S/C27H28N8O3S/c1-17-12-18(4-7-24(17)38-19-5-6-23-21(13-19)31-16-34(23)2)32-26-25-22(29-15-30-26)14-28-27(33-25)35-10-8-20(9-11-35)39(3,36)37/h4-7,12-16,20H,8-11H2,1-3H3,(H,29,30,32). The number of imidazole rings is 1. The van der Waals surface area contributed by atoms with Gasteiger partial charge in [-0.1, -0.05) is 0 Å². The van der Waals surface area contributed by atoms with E-state index in [4.69, 9.17) is 9.72 Å². The summed E-state index contributed by atoms with van der Waals surface area (Å²) in [6.45, 7) is 3.14. The number of fused-ring (bicyclic) bond motifs is 2. The molecule has 6 rings (SSSR count). The molecule has 1 fully saturated rings. The number of aryl methyl sites for hydroxylation is 2. The number of ether oxygens (including phenoxy) is 1. The Bertz CT molecular complexity index is 1800. The van der Waals surface area contributed by atoms with Gasteiger partial charge in [0.2, 0.25) is 5.95 Å². The van der Waals surface area contributed by atoms with Crippen molar-refractivity contribution < 1.29 is 13.2 Å². The lowest BCUT2D eigenvalue weighted by molar-refractivity contribution is 0.479. The van der Waals surface area contributed by atoms with Gasteiger partial charge in [0.15, 0.2) is 5.82 Å². The quantitative estimate of drug-likeness (QED) is 0.333. The average molecular weight is 545 g/mol. The number of rotatable bonds is 6. The lowest BCUT2D eigenvalue weighted by Crippen LogP contribution is -2.39. The van der Waals surface area contributed by atoms with Crippen molar-refractivity contribution in [2.75, 3.05) is 29.6 Å². The van der Waals surface area contributed by atoms with Crippen molar-refractivity contribution in [3.63, 3.8) is 0 Å². The topological polar surface area (TPSA) is 128 Å². The van der Waals surface area contributed by atoms with E-state index < -0.39 is 9.84 Å². The third kappa shape index (κ3) is 5.07. The van der Waals surface area contributed by atoms with Crippen LogP contribution >= 0.6 is 0 Å². The van der Waals surface area contributed by atoms with Gasteiger partial charge in [0.25, 0.3) is 0 Å². The Kier molecular flexibility index (Phi) is 6.26. The first-order valence-electron chi connectivity index (χ1n) is 12.6. The van der Waals surface area contributed by atoms with E-state index in [1.54, 1.807) is 12.5 Å². The monoisotopic (exact) mass is 544 g/mol. The first kappa shape index (κ1) is 25.0. The fourth-order valence-electron chi connectivity index (χ4n) is 4.86. The fourth-order valence-corrected chi connectivity index (χ4v) is 5.92. The number of hydrogen-bond acceptors (Lipinski definition) is 10. The van der Waals surface area contributed by atoms with Crippen molar-refractivity contribution in [2.24, 2.45) is 7.05 Å². The summed E-state index contributed by atoms with van der Waals surface area (Å²) in [5.74, 6) is 2.56. The van der Waals surface area contributed by atoms with E-state index in [-0.39, 0.29) is 5.25 Å². The van der Waals surface area contributed by atoms with Crippen LogP contribution in [-0.4, -0.2) is 62.5 Å². The zero-order valence-corrected chi connectivity index (χ0v) is 22.7. The number of nitrogens with one attached hydrogen (secondary N) is 1. The molecular formula is C27H28N8O3S. The minimum atomic E-state index is -3.05. The van der Waals surface area contributed by atoms with Crippen molar-refractivity contribution in [2.45, 2.75) is 25.0 Å². The molecule has 0 amide bonds. The molecule has 200 valence electrons. The molecule has 0 atom stereocenters. The summed E-state index contributed by atoms with van der Waals surface area (Å²) in [7, 11) is -1.09. The zero-order chi connectivity index (χ0) is 27.1. The highest BCUT2D eigenvalue weighted by Crippen LogP contribution is 2.31. The third-order valence-electron chi connectivity index (χ3n) is 7.06. The number of sulfone groups is 1. The van der Waals surface area contributed by atoms with Gasteiger partial charge >= 0.3 is 0 Å². The molecule has 1 aliphatic rings. The minimum Gasteiger partial charge on any atom is -0.457 e. The van der Waals surface area contributed by atoms with E-state index in [1.165, 1.54) is 12.6 Å². The average Bonchev–Trinajstić information content (AvgIpc) is 3.29. The highest BCUT2D eigenvalue weighted by Gasteiger charge is 2.28. The fraction of sp³-hybridized carbons (Fsp3) is 0.296. The lowest BCUT2D eigenvalue weighted by atomic mass is 10.1. The molecule has 0 bridgehead atoms. The van der Waals surface area contributed by atoms with Crippen LogP contribution in [0, 0.1) is 6.92 Å². The zero-order valence-electron chi connectivity index (χ0n) is 21.9. The molecule has 4 heterocycles. The molecule has 0 unspecified atom stereocenters. The summed E-state index contributed by atoms with van der Waals surface area (Å²) in [5, 5.41) is 3.04. The summed E-state index contributed by atoms with van der Waals surface area (Å²) < 4.78 is 32.0. The van der Waals surface area contributed by atoms with Crippen LogP contribution in [-0.2, 0) is 16.9 Å². The van der Waals surface area contributed by atoms with Crippen LogP contribution in [0.5, 0.6) is 11.5 Å². The van der Waals surface area contributed by atoms with Crippen LogP contribution in [0.15, 0.2) is 55.2 Å². The van der Waals surface area contributed by atoms with E-state index in [0.717, 1.165) is 33.8 Å². The van der Waals surface area contributed by atoms with Crippen molar-refractivity contribution in [1.82, 2.24) is 29.5 Å². The van der Waals surface area contributed by atoms with Gasteiger partial charge in [0, 0.05) is 38.1 Å². The summed E-state index contributed by atoms with van der Waals surface area (Å²) in [6, 6.07) is 11.7. The van der Waals surface area contributed by atoms with Crippen molar-refractivity contribution in [3.05, 3.63) is 60.8 Å².